The highest BCUT2D eigenvalue weighted by atomic mass is 35.5. The smallest absolute Gasteiger partial charge is 0.123 e. The van der Waals surface area contributed by atoms with E-state index >= 15 is 0 Å². The van der Waals surface area contributed by atoms with Crippen molar-refractivity contribution in [2.45, 2.75) is 19.8 Å². The first kappa shape index (κ1) is 11.1. The summed E-state index contributed by atoms with van der Waals surface area (Å²) in [7, 11) is 0. The molecule has 0 saturated heterocycles. The van der Waals surface area contributed by atoms with E-state index in [1.807, 2.05) is 0 Å². The lowest BCUT2D eigenvalue weighted by molar-refractivity contribution is 0.624. The van der Waals surface area contributed by atoms with E-state index in [0.717, 1.165) is 16.8 Å². The summed E-state index contributed by atoms with van der Waals surface area (Å²) in [6.07, 6.45) is 3.00. The van der Waals surface area contributed by atoms with Crippen LogP contribution in [-0.2, 0) is 12.8 Å². The molecule has 0 bridgehead atoms. The molecule has 0 amide bonds. The first-order valence-corrected chi connectivity index (χ1v) is 5.34. The van der Waals surface area contributed by atoms with Crippen LogP contribution in [0, 0.1) is 12.7 Å². The number of halogens is 2. The third-order valence-electron chi connectivity index (χ3n) is 2.41. The van der Waals surface area contributed by atoms with Gasteiger partial charge in [0.05, 0.1) is 11.9 Å². The molecule has 0 unspecified atom stereocenters. The highest BCUT2D eigenvalue weighted by Crippen LogP contribution is 2.23. The topological polar surface area (TPSA) is 41.6 Å². The summed E-state index contributed by atoms with van der Waals surface area (Å²) in [6.45, 7) is 1.80. The molecule has 84 valence electrons. The van der Waals surface area contributed by atoms with Crippen LogP contribution in [0.3, 0.4) is 0 Å². The van der Waals surface area contributed by atoms with Crippen molar-refractivity contribution in [2.75, 3.05) is 0 Å². The molecular formula is C11H11ClFN3. The maximum absolute atomic E-state index is 13.2. The number of H-pyrrole nitrogens is 1. The Hall–Kier alpha value is -1.42. The number of aromatic nitrogens is 3. The van der Waals surface area contributed by atoms with Crippen LogP contribution in [0.1, 0.15) is 16.8 Å². The fourth-order valence-corrected chi connectivity index (χ4v) is 1.79. The molecule has 1 aromatic heterocycles. The van der Waals surface area contributed by atoms with Gasteiger partial charge in [0.1, 0.15) is 5.82 Å². The minimum atomic E-state index is -0.253. The lowest BCUT2D eigenvalue weighted by Crippen LogP contribution is -1.95. The van der Waals surface area contributed by atoms with Gasteiger partial charge in [0, 0.05) is 5.02 Å². The summed E-state index contributed by atoms with van der Waals surface area (Å²) >= 11 is 6.09. The number of hydrogen-bond acceptors (Lipinski definition) is 2. The second-order valence-electron chi connectivity index (χ2n) is 3.66. The third-order valence-corrected chi connectivity index (χ3v) is 2.95. The van der Waals surface area contributed by atoms with Gasteiger partial charge in [0.2, 0.25) is 0 Å². The largest absolute Gasteiger partial charge is 0.207 e. The second kappa shape index (κ2) is 4.61. The number of hydrogen-bond donors (Lipinski definition) is 1. The molecule has 0 radical (unpaired) electrons. The molecular weight excluding hydrogens is 229 g/mol. The van der Waals surface area contributed by atoms with Gasteiger partial charge >= 0.3 is 0 Å². The van der Waals surface area contributed by atoms with Gasteiger partial charge in [-0.2, -0.15) is 15.4 Å². The zero-order chi connectivity index (χ0) is 11.5. The van der Waals surface area contributed by atoms with E-state index in [9.17, 15) is 4.39 Å². The Balaban J connectivity index is 2.15. The number of nitrogens with one attached hydrogen (secondary N) is 1. The average Bonchev–Trinajstić information content (AvgIpc) is 2.74. The molecule has 0 atom stereocenters. The van der Waals surface area contributed by atoms with Crippen molar-refractivity contribution >= 4 is 11.6 Å². The summed E-state index contributed by atoms with van der Waals surface area (Å²) in [5.74, 6) is -0.253. The molecule has 3 nitrogen and oxygen atoms in total. The molecule has 2 rings (SSSR count). The Kier molecular flexibility index (Phi) is 3.19. The predicted octanol–water partition coefficient (Wildman–Crippen LogP) is 2.69. The van der Waals surface area contributed by atoms with Crippen LogP contribution in [0.2, 0.25) is 5.02 Å². The number of nitrogens with zero attached hydrogens (tertiary/aromatic N) is 2. The van der Waals surface area contributed by atoms with Crippen molar-refractivity contribution in [3.63, 3.8) is 0 Å². The lowest BCUT2D eigenvalue weighted by atomic mass is 10.1. The first-order chi connectivity index (χ1) is 7.66. The molecule has 16 heavy (non-hydrogen) atoms. The van der Waals surface area contributed by atoms with Crippen molar-refractivity contribution in [3.05, 3.63) is 46.0 Å². The van der Waals surface area contributed by atoms with E-state index in [0.29, 0.717) is 17.9 Å². The van der Waals surface area contributed by atoms with Gasteiger partial charge in [-0.15, -0.1) is 0 Å². The van der Waals surface area contributed by atoms with Crippen molar-refractivity contribution in [3.8, 4) is 0 Å². The van der Waals surface area contributed by atoms with E-state index in [4.69, 9.17) is 11.6 Å². The van der Waals surface area contributed by atoms with Crippen molar-refractivity contribution in [1.29, 1.82) is 0 Å². The minimum absolute atomic E-state index is 0.253. The molecule has 5 heteroatoms. The van der Waals surface area contributed by atoms with Crippen molar-refractivity contribution < 1.29 is 4.39 Å². The Morgan fingerprint density at radius 1 is 1.38 bits per heavy atom. The Labute approximate surface area is 97.6 Å². The van der Waals surface area contributed by atoms with Gasteiger partial charge in [-0.05, 0) is 43.0 Å². The minimum Gasteiger partial charge on any atom is -0.207 e. The maximum atomic E-state index is 13.2. The summed E-state index contributed by atoms with van der Waals surface area (Å²) in [5, 5.41) is 10.8. The summed E-state index contributed by atoms with van der Waals surface area (Å²) < 4.78 is 13.2. The van der Waals surface area contributed by atoms with Gasteiger partial charge in [0.15, 0.2) is 0 Å². The molecule has 2 aromatic rings. The third kappa shape index (κ3) is 2.39. The maximum Gasteiger partial charge on any atom is 0.123 e. The lowest BCUT2D eigenvalue weighted by Gasteiger charge is -2.06. The molecule has 0 fully saturated rings. The Morgan fingerprint density at radius 2 is 2.19 bits per heavy atom. The molecule has 1 N–H and O–H groups in total. The number of aryl methyl sites for hydroxylation is 3. The highest BCUT2D eigenvalue weighted by Gasteiger charge is 2.07. The molecule has 0 aliphatic heterocycles. The Morgan fingerprint density at radius 3 is 2.88 bits per heavy atom. The zero-order valence-corrected chi connectivity index (χ0v) is 9.55. The van der Waals surface area contributed by atoms with Gasteiger partial charge < -0.3 is 0 Å². The van der Waals surface area contributed by atoms with E-state index in [-0.39, 0.29) is 5.82 Å². The van der Waals surface area contributed by atoms with E-state index < -0.39 is 0 Å². The van der Waals surface area contributed by atoms with Crippen LogP contribution < -0.4 is 0 Å². The van der Waals surface area contributed by atoms with Crippen LogP contribution >= 0.6 is 11.6 Å². The highest BCUT2D eigenvalue weighted by molar-refractivity contribution is 6.32. The van der Waals surface area contributed by atoms with Gasteiger partial charge in [0.25, 0.3) is 0 Å². The van der Waals surface area contributed by atoms with Gasteiger partial charge in [-0.25, -0.2) is 4.39 Å². The monoisotopic (exact) mass is 239 g/mol. The normalized spacial score (nSPS) is 10.7. The summed E-state index contributed by atoms with van der Waals surface area (Å²) in [6, 6.07) is 2.90. The fourth-order valence-electron chi connectivity index (χ4n) is 1.59. The van der Waals surface area contributed by atoms with E-state index in [1.54, 1.807) is 13.1 Å². The molecule has 0 aliphatic carbocycles. The van der Waals surface area contributed by atoms with Crippen LogP contribution in [0.25, 0.3) is 0 Å². The number of benzene rings is 1. The van der Waals surface area contributed by atoms with E-state index in [2.05, 4.69) is 15.4 Å². The molecule has 1 aromatic carbocycles. The standard InChI is InChI=1S/C11H11ClFN3/c1-7-4-9(13)5-8(11(7)12)2-3-10-6-14-16-15-10/h4-6H,2-3H2,1H3,(H,14,15,16). The van der Waals surface area contributed by atoms with Crippen LogP contribution in [-0.4, -0.2) is 15.4 Å². The van der Waals surface area contributed by atoms with Crippen LogP contribution in [0.4, 0.5) is 4.39 Å². The first-order valence-electron chi connectivity index (χ1n) is 4.96. The fraction of sp³-hybridized carbons (Fsp3) is 0.273. The molecule has 0 saturated carbocycles. The quantitative estimate of drug-likeness (QED) is 0.895. The summed E-state index contributed by atoms with van der Waals surface area (Å²) in [4.78, 5) is 0. The van der Waals surface area contributed by atoms with E-state index in [1.165, 1.54) is 12.1 Å². The molecule has 0 aliphatic rings. The second-order valence-corrected chi connectivity index (χ2v) is 4.04. The predicted molar refractivity (Wildman–Crippen MR) is 59.9 cm³/mol. The average molecular weight is 240 g/mol. The van der Waals surface area contributed by atoms with Gasteiger partial charge in [-0.1, -0.05) is 11.6 Å². The van der Waals surface area contributed by atoms with Crippen molar-refractivity contribution in [2.24, 2.45) is 0 Å². The van der Waals surface area contributed by atoms with Crippen molar-refractivity contribution in [1.82, 2.24) is 15.4 Å². The van der Waals surface area contributed by atoms with Gasteiger partial charge in [-0.3, -0.25) is 0 Å². The number of rotatable bonds is 3. The summed E-state index contributed by atoms with van der Waals surface area (Å²) in [5.41, 5.74) is 2.41. The zero-order valence-electron chi connectivity index (χ0n) is 8.80. The van der Waals surface area contributed by atoms with Crippen LogP contribution in [0.15, 0.2) is 18.3 Å². The number of aromatic amines is 1. The Bertz CT molecular complexity index is 482. The molecule has 1 heterocycles. The SMILES string of the molecule is Cc1cc(F)cc(CCc2cn[nH]n2)c1Cl. The van der Waals surface area contributed by atoms with Crippen LogP contribution in [0.5, 0.6) is 0 Å². The molecule has 0 spiro atoms.